The normalized spacial score (nSPS) is 22.0. The SMILES string of the molecule is CC(C)c1c(C2CCNC2)cc(Cl)c2c1OCCO2. The molecule has 19 heavy (non-hydrogen) atoms. The molecule has 2 heterocycles. The molecule has 0 spiro atoms. The van der Waals surface area contributed by atoms with Gasteiger partial charge in [0.05, 0.1) is 5.02 Å². The Bertz CT molecular complexity index is 482. The molecular weight excluding hydrogens is 262 g/mol. The highest BCUT2D eigenvalue weighted by atomic mass is 35.5. The number of hydrogen-bond donors (Lipinski definition) is 1. The second-order valence-electron chi connectivity index (χ2n) is 5.56. The van der Waals surface area contributed by atoms with Gasteiger partial charge >= 0.3 is 0 Å². The van der Waals surface area contributed by atoms with E-state index in [1.807, 2.05) is 0 Å². The number of hydrogen-bond acceptors (Lipinski definition) is 3. The standard InChI is InChI=1S/C15H20ClNO2/c1-9(2)13-11(10-3-4-17-8-10)7-12(16)14-15(13)19-6-5-18-14/h7,9-10,17H,3-6,8H2,1-2H3. The fourth-order valence-electron chi connectivity index (χ4n) is 3.06. The van der Waals surface area contributed by atoms with E-state index in [4.69, 9.17) is 21.1 Å². The van der Waals surface area contributed by atoms with Crippen molar-refractivity contribution in [3.8, 4) is 11.5 Å². The van der Waals surface area contributed by atoms with Gasteiger partial charge in [-0.1, -0.05) is 25.4 Å². The third kappa shape index (κ3) is 2.30. The van der Waals surface area contributed by atoms with Crippen molar-refractivity contribution in [2.75, 3.05) is 26.3 Å². The highest BCUT2D eigenvalue weighted by Crippen LogP contribution is 2.47. The zero-order valence-electron chi connectivity index (χ0n) is 11.5. The van der Waals surface area contributed by atoms with E-state index in [2.05, 4.69) is 25.2 Å². The molecule has 0 saturated carbocycles. The maximum Gasteiger partial charge on any atom is 0.180 e. The number of halogens is 1. The average Bonchev–Trinajstić information content (AvgIpc) is 2.92. The van der Waals surface area contributed by atoms with Crippen LogP contribution >= 0.6 is 11.6 Å². The third-order valence-electron chi connectivity index (χ3n) is 3.91. The Morgan fingerprint density at radius 3 is 2.63 bits per heavy atom. The molecule has 104 valence electrons. The van der Waals surface area contributed by atoms with Crippen molar-refractivity contribution in [1.29, 1.82) is 0 Å². The lowest BCUT2D eigenvalue weighted by Crippen LogP contribution is -2.19. The molecule has 2 aliphatic heterocycles. The van der Waals surface area contributed by atoms with Crippen molar-refractivity contribution in [3.05, 3.63) is 22.2 Å². The highest BCUT2D eigenvalue weighted by molar-refractivity contribution is 6.32. The predicted molar refractivity (Wildman–Crippen MR) is 76.8 cm³/mol. The van der Waals surface area contributed by atoms with Crippen molar-refractivity contribution in [1.82, 2.24) is 5.32 Å². The molecule has 1 atom stereocenters. The lowest BCUT2D eigenvalue weighted by Gasteiger charge is -2.27. The quantitative estimate of drug-likeness (QED) is 0.902. The molecule has 0 radical (unpaired) electrons. The van der Waals surface area contributed by atoms with Gasteiger partial charge < -0.3 is 14.8 Å². The first kappa shape index (κ1) is 13.1. The van der Waals surface area contributed by atoms with Crippen molar-refractivity contribution in [2.45, 2.75) is 32.1 Å². The Labute approximate surface area is 119 Å². The Hall–Kier alpha value is -0.930. The van der Waals surface area contributed by atoms with Crippen molar-refractivity contribution in [2.24, 2.45) is 0 Å². The fraction of sp³-hybridized carbons (Fsp3) is 0.600. The van der Waals surface area contributed by atoms with Crippen molar-refractivity contribution in [3.63, 3.8) is 0 Å². The topological polar surface area (TPSA) is 30.5 Å². The summed E-state index contributed by atoms with van der Waals surface area (Å²) in [6.45, 7) is 7.69. The molecule has 2 aliphatic rings. The zero-order valence-corrected chi connectivity index (χ0v) is 12.2. The lowest BCUT2D eigenvalue weighted by molar-refractivity contribution is 0.169. The van der Waals surface area contributed by atoms with Gasteiger partial charge in [0, 0.05) is 12.1 Å². The summed E-state index contributed by atoms with van der Waals surface area (Å²) in [5.74, 6) is 2.54. The molecular formula is C15H20ClNO2. The van der Waals surface area contributed by atoms with Crippen molar-refractivity contribution >= 4 is 11.6 Å². The van der Waals surface area contributed by atoms with Crippen LogP contribution < -0.4 is 14.8 Å². The van der Waals surface area contributed by atoms with Gasteiger partial charge in [0.1, 0.15) is 13.2 Å². The van der Waals surface area contributed by atoms with Gasteiger partial charge in [-0.3, -0.25) is 0 Å². The van der Waals surface area contributed by atoms with Gasteiger partial charge in [0.15, 0.2) is 11.5 Å². The van der Waals surface area contributed by atoms with Crippen LogP contribution in [0.15, 0.2) is 6.07 Å². The number of benzene rings is 1. The van der Waals surface area contributed by atoms with Gasteiger partial charge in [-0.25, -0.2) is 0 Å². The summed E-state index contributed by atoms with van der Waals surface area (Å²) in [5, 5.41) is 4.10. The van der Waals surface area contributed by atoms with Crippen LogP contribution in [0.4, 0.5) is 0 Å². The molecule has 1 saturated heterocycles. The second-order valence-corrected chi connectivity index (χ2v) is 5.97. The fourth-order valence-corrected chi connectivity index (χ4v) is 3.32. The first-order valence-corrected chi connectivity index (χ1v) is 7.39. The van der Waals surface area contributed by atoms with E-state index in [0.717, 1.165) is 31.0 Å². The van der Waals surface area contributed by atoms with Crippen LogP contribution in [0, 0.1) is 0 Å². The van der Waals surface area contributed by atoms with Gasteiger partial charge in [0.25, 0.3) is 0 Å². The average molecular weight is 282 g/mol. The largest absolute Gasteiger partial charge is 0.486 e. The molecule has 4 heteroatoms. The van der Waals surface area contributed by atoms with E-state index < -0.39 is 0 Å². The van der Waals surface area contributed by atoms with E-state index in [-0.39, 0.29) is 0 Å². The van der Waals surface area contributed by atoms with Crippen LogP contribution in [0.5, 0.6) is 11.5 Å². The minimum Gasteiger partial charge on any atom is -0.486 e. The Kier molecular flexibility index (Phi) is 3.59. The number of rotatable bonds is 2. The molecule has 0 aliphatic carbocycles. The third-order valence-corrected chi connectivity index (χ3v) is 4.20. The Morgan fingerprint density at radius 2 is 2.00 bits per heavy atom. The van der Waals surface area contributed by atoms with Crippen LogP contribution in [-0.4, -0.2) is 26.3 Å². The Morgan fingerprint density at radius 1 is 1.26 bits per heavy atom. The summed E-state index contributed by atoms with van der Waals surface area (Å²) in [6, 6.07) is 2.09. The van der Waals surface area contributed by atoms with Crippen LogP contribution in [0.25, 0.3) is 0 Å². The summed E-state index contributed by atoms with van der Waals surface area (Å²) in [5.41, 5.74) is 2.60. The summed E-state index contributed by atoms with van der Waals surface area (Å²) in [4.78, 5) is 0. The maximum atomic E-state index is 6.38. The van der Waals surface area contributed by atoms with Gasteiger partial charge in [-0.05, 0) is 36.4 Å². The minimum absolute atomic E-state index is 0.406. The molecule has 3 rings (SSSR count). The summed E-state index contributed by atoms with van der Waals surface area (Å²) >= 11 is 6.38. The number of fused-ring (bicyclic) bond motifs is 1. The first-order valence-electron chi connectivity index (χ1n) is 7.01. The van der Waals surface area contributed by atoms with Crippen LogP contribution in [0.3, 0.4) is 0 Å². The summed E-state index contributed by atoms with van der Waals surface area (Å²) < 4.78 is 11.6. The lowest BCUT2D eigenvalue weighted by atomic mass is 9.87. The summed E-state index contributed by atoms with van der Waals surface area (Å²) in [6.07, 6.45) is 1.16. The van der Waals surface area contributed by atoms with E-state index in [1.165, 1.54) is 11.1 Å². The Balaban J connectivity index is 2.14. The smallest absolute Gasteiger partial charge is 0.180 e. The molecule has 0 bridgehead atoms. The predicted octanol–water partition coefficient (Wildman–Crippen LogP) is 3.31. The maximum absolute atomic E-state index is 6.38. The van der Waals surface area contributed by atoms with Crippen LogP contribution in [0.1, 0.15) is 43.2 Å². The van der Waals surface area contributed by atoms with Crippen molar-refractivity contribution < 1.29 is 9.47 Å². The number of ether oxygens (including phenoxy) is 2. The summed E-state index contributed by atoms with van der Waals surface area (Å²) in [7, 11) is 0. The molecule has 0 amide bonds. The second kappa shape index (κ2) is 5.22. The zero-order chi connectivity index (χ0) is 13.4. The molecule has 1 N–H and O–H groups in total. The van der Waals surface area contributed by atoms with Crippen LogP contribution in [-0.2, 0) is 0 Å². The van der Waals surface area contributed by atoms with Gasteiger partial charge in [0.2, 0.25) is 0 Å². The molecule has 1 fully saturated rings. The molecule has 1 unspecified atom stereocenters. The van der Waals surface area contributed by atoms with E-state index in [9.17, 15) is 0 Å². The monoisotopic (exact) mass is 281 g/mol. The molecule has 0 aromatic heterocycles. The first-order chi connectivity index (χ1) is 9.18. The highest BCUT2D eigenvalue weighted by Gasteiger charge is 2.29. The molecule has 1 aromatic carbocycles. The number of nitrogens with one attached hydrogen (secondary N) is 1. The molecule has 3 nitrogen and oxygen atoms in total. The van der Waals surface area contributed by atoms with Gasteiger partial charge in [-0.15, -0.1) is 0 Å². The van der Waals surface area contributed by atoms with Crippen LogP contribution in [0.2, 0.25) is 5.02 Å². The van der Waals surface area contributed by atoms with E-state index in [1.54, 1.807) is 0 Å². The van der Waals surface area contributed by atoms with E-state index in [0.29, 0.717) is 30.1 Å². The minimum atomic E-state index is 0.406. The van der Waals surface area contributed by atoms with Gasteiger partial charge in [-0.2, -0.15) is 0 Å². The molecule has 1 aromatic rings. The van der Waals surface area contributed by atoms with E-state index >= 15 is 0 Å².